The van der Waals surface area contributed by atoms with Crippen molar-refractivity contribution in [2.45, 2.75) is 37.5 Å². The monoisotopic (exact) mass is 429 g/mol. The molecular formula is C23H31N3O3S. The molecule has 1 amide bonds. The third-order valence-corrected chi connectivity index (χ3v) is 7.34. The molecule has 1 aliphatic heterocycles. The average molecular weight is 430 g/mol. The van der Waals surface area contributed by atoms with Gasteiger partial charge in [-0.1, -0.05) is 30.7 Å². The second-order valence-corrected chi connectivity index (χ2v) is 9.46. The maximum atomic E-state index is 12.9. The van der Waals surface area contributed by atoms with Crippen molar-refractivity contribution in [3.63, 3.8) is 0 Å². The first-order chi connectivity index (χ1) is 14.5. The number of nitrogens with zero attached hydrogens (tertiary/aromatic N) is 2. The van der Waals surface area contributed by atoms with Crippen LogP contribution in [0.4, 0.5) is 5.69 Å². The Hall–Kier alpha value is -2.38. The lowest BCUT2D eigenvalue weighted by molar-refractivity contribution is 0.0953. The number of para-hydroxylation sites is 1. The van der Waals surface area contributed by atoms with E-state index in [1.54, 1.807) is 18.2 Å². The van der Waals surface area contributed by atoms with Gasteiger partial charge in [0.25, 0.3) is 5.91 Å². The van der Waals surface area contributed by atoms with Crippen molar-refractivity contribution >= 4 is 21.6 Å². The van der Waals surface area contributed by atoms with Gasteiger partial charge in [-0.2, -0.15) is 4.31 Å². The molecule has 1 aliphatic rings. The number of nitrogens with one attached hydrogen (secondary N) is 1. The molecule has 0 atom stereocenters. The van der Waals surface area contributed by atoms with Crippen molar-refractivity contribution in [3.8, 4) is 0 Å². The van der Waals surface area contributed by atoms with Crippen molar-refractivity contribution < 1.29 is 13.2 Å². The first-order valence-electron chi connectivity index (χ1n) is 10.7. The normalized spacial score (nSPS) is 15.0. The van der Waals surface area contributed by atoms with Crippen LogP contribution in [0, 0.1) is 0 Å². The highest BCUT2D eigenvalue weighted by Gasteiger charge is 2.26. The Morgan fingerprint density at radius 1 is 1.03 bits per heavy atom. The molecule has 1 saturated heterocycles. The van der Waals surface area contributed by atoms with Crippen LogP contribution in [-0.2, 0) is 10.0 Å². The van der Waals surface area contributed by atoms with Crippen molar-refractivity contribution in [2.75, 3.05) is 37.6 Å². The summed E-state index contributed by atoms with van der Waals surface area (Å²) in [5.41, 5.74) is 1.55. The van der Waals surface area contributed by atoms with Crippen LogP contribution in [0.2, 0.25) is 0 Å². The summed E-state index contributed by atoms with van der Waals surface area (Å²) in [4.78, 5) is 15.0. The van der Waals surface area contributed by atoms with Crippen LogP contribution in [-0.4, -0.2) is 51.4 Å². The Bertz CT molecular complexity index is 926. The maximum absolute atomic E-state index is 12.9. The largest absolute Gasteiger partial charge is 0.372 e. The smallest absolute Gasteiger partial charge is 0.251 e. The van der Waals surface area contributed by atoms with Crippen molar-refractivity contribution in [3.05, 3.63) is 60.2 Å². The Kier molecular flexibility index (Phi) is 7.87. The molecule has 0 aliphatic carbocycles. The molecule has 1 N–H and O–H groups in total. The van der Waals surface area contributed by atoms with E-state index in [0.29, 0.717) is 25.2 Å². The van der Waals surface area contributed by atoms with E-state index in [-0.39, 0.29) is 10.8 Å². The van der Waals surface area contributed by atoms with E-state index in [9.17, 15) is 13.2 Å². The molecule has 6 nitrogen and oxygen atoms in total. The van der Waals surface area contributed by atoms with Gasteiger partial charge in [-0.25, -0.2) is 8.42 Å². The Morgan fingerprint density at radius 3 is 2.47 bits per heavy atom. The summed E-state index contributed by atoms with van der Waals surface area (Å²) in [6.07, 6.45) is 3.64. The number of anilines is 1. The number of carbonyl (C=O) groups excluding carboxylic acids is 1. The second-order valence-electron chi connectivity index (χ2n) is 7.52. The van der Waals surface area contributed by atoms with Crippen LogP contribution in [0.15, 0.2) is 59.5 Å². The number of hydrogen-bond acceptors (Lipinski definition) is 4. The fraction of sp³-hybridized carbons (Fsp3) is 0.435. The quantitative estimate of drug-likeness (QED) is 0.620. The first kappa shape index (κ1) is 22.3. The van der Waals surface area contributed by atoms with Gasteiger partial charge in [0.05, 0.1) is 4.90 Å². The standard InChI is InChI=1S/C23H31N3O3S/c1-2-25(21-12-5-3-6-13-21)16-10-15-24-23(27)20-11-9-14-22(19-20)30(28,29)26-17-7-4-8-18-26/h3,5-6,9,11-14,19H,2,4,7-8,10,15-18H2,1H3,(H,24,27). The van der Waals surface area contributed by atoms with Gasteiger partial charge in [0.2, 0.25) is 10.0 Å². The summed E-state index contributed by atoms with van der Waals surface area (Å²) in [7, 11) is -3.54. The molecule has 2 aromatic carbocycles. The molecule has 7 heteroatoms. The lowest BCUT2D eigenvalue weighted by Crippen LogP contribution is -2.35. The number of rotatable bonds is 9. The summed E-state index contributed by atoms with van der Waals surface area (Å²) in [6.45, 7) is 5.48. The lowest BCUT2D eigenvalue weighted by Gasteiger charge is -2.26. The third-order valence-electron chi connectivity index (χ3n) is 5.44. The summed E-state index contributed by atoms with van der Waals surface area (Å²) in [6, 6.07) is 16.5. The molecule has 3 rings (SSSR count). The summed E-state index contributed by atoms with van der Waals surface area (Å²) < 4.78 is 27.2. The Labute approximate surface area is 179 Å². The van der Waals surface area contributed by atoms with Gasteiger partial charge in [0, 0.05) is 44.0 Å². The van der Waals surface area contributed by atoms with Crippen molar-refractivity contribution in [2.24, 2.45) is 0 Å². The molecule has 0 radical (unpaired) electrons. The molecule has 0 bridgehead atoms. The number of hydrogen-bond donors (Lipinski definition) is 1. The second kappa shape index (κ2) is 10.6. The molecule has 0 unspecified atom stereocenters. The van der Waals surface area contributed by atoms with E-state index in [4.69, 9.17) is 0 Å². The molecule has 2 aromatic rings. The summed E-state index contributed by atoms with van der Waals surface area (Å²) in [5.74, 6) is -0.242. The summed E-state index contributed by atoms with van der Waals surface area (Å²) in [5, 5.41) is 2.91. The highest BCUT2D eigenvalue weighted by molar-refractivity contribution is 7.89. The van der Waals surface area contributed by atoms with Gasteiger partial charge < -0.3 is 10.2 Å². The number of piperidine rings is 1. The van der Waals surface area contributed by atoms with Crippen LogP contribution in [0.25, 0.3) is 0 Å². The van der Waals surface area contributed by atoms with Crippen LogP contribution in [0.5, 0.6) is 0 Å². The van der Waals surface area contributed by atoms with E-state index < -0.39 is 10.0 Å². The highest BCUT2D eigenvalue weighted by Crippen LogP contribution is 2.21. The minimum atomic E-state index is -3.54. The number of sulfonamides is 1. The predicted molar refractivity (Wildman–Crippen MR) is 120 cm³/mol. The molecular weight excluding hydrogens is 398 g/mol. The third kappa shape index (κ3) is 5.61. The zero-order valence-corrected chi connectivity index (χ0v) is 18.4. The van der Waals surface area contributed by atoms with Crippen LogP contribution < -0.4 is 10.2 Å². The van der Waals surface area contributed by atoms with E-state index >= 15 is 0 Å². The molecule has 30 heavy (non-hydrogen) atoms. The van der Waals surface area contributed by atoms with Gasteiger partial charge in [-0.15, -0.1) is 0 Å². The van der Waals surface area contributed by atoms with E-state index in [2.05, 4.69) is 29.3 Å². The topological polar surface area (TPSA) is 69.7 Å². The van der Waals surface area contributed by atoms with Crippen LogP contribution in [0.3, 0.4) is 0 Å². The fourth-order valence-corrected chi connectivity index (χ4v) is 5.30. The highest BCUT2D eigenvalue weighted by atomic mass is 32.2. The molecule has 0 aromatic heterocycles. The molecule has 0 spiro atoms. The number of carbonyl (C=O) groups is 1. The number of amides is 1. The van der Waals surface area contributed by atoms with Crippen molar-refractivity contribution in [1.29, 1.82) is 0 Å². The zero-order chi connectivity index (χ0) is 21.4. The first-order valence-corrected chi connectivity index (χ1v) is 12.1. The van der Waals surface area contributed by atoms with E-state index in [0.717, 1.165) is 38.8 Å². The molecule has 1 heterocycles. The number of benzene rings is 2. The molecule has 162 valence electrons. The Morgan fingerprint density at radius 2 is 1.77 bits per heavy atom. The lowest BCUT2D eigenvalue weighted by atomic mass is 10.2. The molecule has 0 saturated carbocycles. The minimum Gasteiger partial charge on any atom is -0.372 e. The van der Waals surface area contributed by atoms with E-state index in [1.807, 2.05) is 18.2 Å². The van der Waals surface area contributed by atoms with Gasteiger partial charge >= 0.3 is 0 Å². The average Bonchev–Trinajstić information content (AvgIpc) is 2.80. The zero-order valence-electron chi connectivity index (χ0n) is 17.6. The summed E-state index contributed by atoms with van der Waals surface area (Å²) >= 11 is 0. The fourth-order valence-electron chi connectivity index (χ4n) is 3.73. The molecule has 1 fully saturated rings. The van der Waals surface area contributed by atoms with Crippen LogP contribution in [0.1, 0.15) is 43.0 Å². The van der Waals surface area contributed by atoms with E-state index in [1.165, 1.54) is 16.1 Å². The minimum absolute atomic E-state index is 0.193. The van der Waals surface area contributed by atoms with Crippen LogP contribution >= 0.6 is 0 Å². The van der Waals surface area contributed by atoms with Crippen molar-refractivity contribution in [1.82, 2.24) is 9.62 Å². The predicted octanol–water partition coefficient (Wildman–Crippen LogP) is 3.51. The van der Waals surface area contributed by atoms with Gasteiger partial charge in [-0.3, -0.25) is 4.79 Å². The maximum Gasteiger partial charge on any atom is 0.251 e. The Balaban J connectivity index is 1.55. The SMILES string of the molecule is CCN(CCCNC(=O)c1cccc(S(=O)(=O)N2CCCCC2)c1)c1ccccc1. The van der Waals surface area contributed by atoms with Gasteiger partial charge in [-0.05, 0) is 56.5 Å². The van der Waals surface area contributed by atoms with Gasteiger partial charge in [0.15, 0.2) is 0 Å². The van der Waals surface area contributed by atoms with Gasteiger partial charge in [0.1, 0.15) is 0 Å².